The highest BCUT2D eigenvalue weighted by Gasteiger charge is 2.15. The van der Waals surface area contributed by atoms with Gasteiger partial charge in [0.05, 0.1) is 21.3 Å². The van der Waals surface area contributed by atoms with Crippen molar-refractivity contribution in [3.05, 3.63) is 23.9 Å². The van der Waals surface area contributed by atoms with Gasteiger partial charge in [0.2, 0.25) is 5.75 Å². The number of H-pyrrole nitrogens is 1. The van der Waals surface area contributed by atoms with Gasteiger partial charge in [0, 0.05) is 23.9 Å². The summed E-state index contributed by atoms with van der Waals surface area (Å²) in [6.07, 6.45) is 0. The van der Waals surface area contributed by atoms with Crippen molar-refractivity contribution in [2.24, 2.45) is 0 Å². The number of benzene rings is 1. The van der Waals surface area contributed by atoms with Gasteiger partial charge in [0.25, 0.3) is 5.91 Å². The Bertz CT molecular complexity index is 628. The molecule has 0 fully saturated rings. The third-order valence-corrected chi connectivity index (χ3v) is 2.76. The van der Waals surface area contributed by atoms with Gasteiger partial charge in [-0.3, -0.25) is 9.89 Å². The van der Waals surface area contributed by atoms with Crippen LogP contribution in [0.1, 0.15) is 10.5 Å². The number of carbonyl (C=O) groups is 1. The third kappa shape index (κ3) is 2.99. The molecule has 0 saturated carbocycles. The summed E-state index contributed by atoms with van der Waals surface area (Å²) in [5.74, 6) is 1.19. The number of nitrogen functional groups attached to an aromatic ring is 1. The molecule has 8 nitrogen and oxygen atoms in total. The number of anilines is 2. The van der Waals surface area contributed by atoms with Crippen LogP contribution >= 0.6 is 0 Å². The average Bonchev–Trinajstić information content (AvgIpc) is 2.92. The number of nitrogens with two attached hydrogens (primary N) is 1. The number of nitrogens with one attached hydrogen (secondary N) is 2. The number of aromatic nitrogens is 2. The second-order valence-electron chi connectivity index (χ2n) is 4.07. The van der Waals surface area contributed by atoms with Crippen LogP contribution in [0.2, 0.25) is 0 Å². The Kier molecular flexibility index (Phi) is 4.17. The molecule has 0 radical (unpaired) electrons. The predicted molar refractivity (Wildman–Crippen MR) is 77.1 cm³/mol. The van der Waals surface area contributed by atoms with Gasteiger partial charge >= 0.3 is 0 Å². The van der Waals surface area contributed by atoms with Crippen molar-refractivity contribution in [2.75, 3.05) is 32.4 Å². The maximum Gasteiger partial charge on any atom is 0.273 e. The average molecular weight is 292 g/mol. The minimum atomic E-state index is -0.381. The van der Waals surface area contributed by atoms with Crippen molar-refractivity contribution in [2.45, 2.75) is 0 Å². The maximum absolute atomic E-state index is 12.0. The topological polar surface area (TPSA) is 111 Å². The molecular weight excluding hydrogens is 276 g/mol. The van der Waals surface area contributed by atoms with Crippen molar-refractivity contribution in [3.63, 3.8) is 0 Å². The molecule has 0 saturated heterocycles. The number of carbonyl (C=O) groups excluding carboxylic acids is 1. The lowest BCUT2D eigenvalue weighted by atomic mass is 10.2. The van der Waals surface area contributed by atoms with E-state index in [1.165, 1.54) is 27.4 Å². The fourth-order valence-corrected chi connectivity index (χ4v) is 1.81. The normalized spacial score (nSPS) is 10.0. The van der Waals surface area contributed by atoms with E-state index in [4.69, 9.17) is 19.9 Å². The Labute approximate surface area is 121 Å². The van der Waals surface area contributed by atoms with Gasteiger partial charge in [-0.05, 0) is 0 Å². The second kappa shape index (κ2) is 6.04. The summed E-state index contributed by atoms with van der Waals surface area (Å²) in [7, 11) is 4.50. The van der Waals surface area contributed by atoms with Gasteiger partial charge in [-0.2, -0.15) is 5.10 Å². The lowest BCUT2D eigenvalue weighted by Crippen LogP contribution is -2.12. The van der Waals surface area contributed by atoms with Crippen molar-refractivity contribution in [1.29, 1.82) is 0 Å². The molecule has 21 heavy (non-hydrogen) atoms. The van der Waals surface area contributed by atoms with Gasteiger partial charge in [0.15, 0.2) is 11.5 Å². The van der Waals surface area contributed by atoms with E-state index in [2.05, 4.69) is 15.5 Å². The van der Waals surface area contributed by atoms with Crippen LogP contribution in [0.15, 0.2) is 18.2 Å². The minimum absolute atomic E-state index is 0.241. The van der Waals surface area contributed by atoms with E-state index in [1.807, 2.05) is 0 Å². The Balaban J connectivity index is 2.29. The van der Waals surface area contributed by atoms with E-state index in [9.17, 15) is 4.79 Å². The van der Waals surface area contributed by atoms with Crippen molar-refractivity contribution in [3.8, 4) is 17.2 Å². The number of nitrogens with zero attached hydrogens (tertiary/aromatic N) is 1. The molecule has 0 aliphatic rings. The molecule has 0 spiro atoms. The zero-order chi connectivity index (χ0) is 15.4. The van der Waals surface area contributed by atoms with Gasteiger partial charge in [-0.15, -0.1) is 0 Å². The number of hydrogen-bond donors (Lipinski definition) is 3. The highest BCUT2D eigenvalue weighted by Crippen LogP contribution is 2.39. The molecule has 0 aliphatic heterocycles. The molecular formula is C13H16N4O4. The fraction of sp³-hybridized carbons (Fsp3) is 0.231. The molecule has 0 unspecified atom stereocenters. The standard InChI is InChI=1S/C13H16N4O4/c1-19-9-4-7(5-10(20-2)12(9)21-3)15-13(18)8-6-11(14)17-16-8/h4-6H,1-3H3,(H,15,18)(H3,14,16,17). The number of aromatic amines is 1. The molecule has 1 aromatic heterocycles. The largest absolute Gasteiger partial charge is 0.493 e. The van der Waals surface area contributed by atoms with Gasteiger partial charge < -0.3 is 25.3 Å². The first-order valence-corrected chi connectivity index (χ1v) is 6.01. The van der Waals surface area contributed by atoms with Crippen LogP contribution in [0.25, 0.3) is 0 Å². The molecule has 2 aromatic rings. The summed E-state index contributed by atoms with van der Waals surface area (Å²) in [5.41, 5.74) is 6.20. The summed E-state index contributed by atoms with van der Waals surface area (Å²) in [6, 6.07) is 4.69. The van der Waals surface area contributed by atoms with Crippen molar-refractivity contribution < 1.29 is 19.0 Å². The van der Waals surface area contributed by atoms with Gasteiger partial charge in [0.1, 0.15) is 11.5 Å². The zero-order valence-corrected chi connectivity index (χ0v) is 11.9. The Morgan fingerprint density at radius 1 is 1.14 bits per heavy atom. The molecule has 8 heteroatoms. The first-order valence-electron chi connectivity index (χ1n) is 6.01. The number of amides is 1. The van der Waals surface area contributed by atoms with Crippen LogP contribution in [0.3, 0.4) is 0 Å². The zero-order valence-electron chi connectivity index (χ0n) is 11.9. The number of methoxy groups -OCH3 is 3. The molecule has 0 bridgehead atoms. The number of ether oxygens (including phenoxy) is 3. The Morgan fingerprint density at radius 3 is 2.19 bits per heavy atom. The Hall–Kier alpha value is -2.90. The predicted octanol–water partition coefficient (Wildman–Crippen LogP) is 1.27. The summed E-state index contributed by atoms with van der Waals surface area (Å²) < 4.78 is 15.6. The highest BCUT2D eigenvalue weighted by atomic mass is 16.5. The van der Waals surface area contributed by atoms with Gasteiger partial charge in [-0.1, -0.05) is 0 Å². The van der Waals surface area contributed by atoms with E-state index in [1.54, 1.807) is 12.1 Å². The van der Waals surface area contributed by atoms with Crippen molar-refractivity contribution in [1.82, 2.24) is 10.2 Å². The van der Waals surface area contributed by atoms with E-state index >= 15 is 0 Å². The lowest BCUT2D eigenvalue weighted by Gasteiger charge is -2.14. The van der Waals surface area contributed by atoms with Crippen LogP contribution in [-0.2, 0) is 0 Å². The summed E-state index contributed by atoms with van der Waals surface area (Å²) in [4.78, 5) is 12.0. The molecule has 2 rings (SSSR count). The highest BCUT2D eigenvalue weighted by molar-refractivity contribution is 6.03. The van der Waals surface area contributed by atoms with E-state index in [-0.39, 0.29) is 17.4 Å². The molecule has 112 valence electrons. The number of hydrogen-bond acceptors (Lipinski definition) is 6. The molecule has 1 heterocycles. The van der Waals surface area contributed by atoms with E-state index < -0.39 is 0 Å². The number of rotatable bonds is 5. The SMILES string of the molecule is COc1cc(NC(=O)c2cc(N)n[nH]2)cc(OC)c1OC. The van der Waals surface area contributed by atoms with Crippen molar-refractivity contribution >= 4 is 17.4 Å². The summed E-state index contributed by atoms with van der Waals surface area (Å²) >= 11 is 0. The first kappa shape index (κ1) is 14.5. The molecule has 0 aliphatic carbocycles. The summed E-state index contributed by atoms with van der Waals surface area (Å²) in [6.45, 7) is 0. The van der Waals surface area contributed by atoms with Crippen LogP contribution in [0.4, 0.5) is 11.5 Å². The van der Waals surface area contributed by atoms with Crippen LogP contribution in [0, 0.1) is 0 Å². The Morgan fingerprint density at radius 2 is 1.76 bits per heavy atom. The molecule has 1 aromatic carbocycles. The van der Waals surface area contributed by atoms with E-state index in [0.29, 0.717) is 22.9 Å². The van der Waals surface area contributed by atoms with Crippen LogP contribution in [0.5, 0.6) is 17.2 Å². The third-order valence-electron chi connectivity index (χ3n) is 2.76. The fourth-order valence-electron chi connectivity index (χ4n) is 1.81. The first-order chi connectivity index (χ1) is 10.1. The molecule has 1 amide bonds. The van der Waals surface area contributed by atoms with Crippen LogP contribution in [-0.4, -0.2) is 37.4 Å². The van der Waals surface area contributed by atoms with E-state index in [0.717, 1.165) is 0 Å². The monoisotopic (exact) mass is 292 g/mol. The summed E-state index contributed by atoms with van der Waals surface area (Å²) in [5, 5.41) is 8.92. The van der Waals surface area contributed by atoms with Crippen LogP contribution < -0.4 is 25.3 Å². The smallest absolute Gasteiger partial charge is 0.273 e. The second-order valence-corrected chi connectivity index (χ2v) is 4.07. The lowest BCUT2D eigenvalue weighted by molar-refractivity contribution is 0.102. The van der Waals surface area contributed by atoms with Gasteiger partial charge in [-0.25, -0.2) is 0 Å². The quantitative estimate of drug-likeness (QED) is 0.765. The minimum Gasteiger partial charge on any atom is -0.493 e. The maximum atomic E-state index is 12.0. The molecule has 0 atom stereocenters. The molecule has 4 N–H and O–H groups in total.